The van der Waals surface area contributed by atoms with E-state index in [2.05, 4.69) is 20.0 Å². The third-order valence-electron chi connectivity index (χ3n) is 3.28. The van der Waals surface area contributed by atoms with Gasteiger partial charge in [0.25, 0.3) is 0 Å². The minimum atomic E-state index is 0.603. The van der Waals surface area contributed by atoms with E-state index in [1.54, 1.807) is 6.20 Å². The van der Waals surface area contributed by atoms with E-state index in [1.165, 1.54) is 0 Å². The molecule has 0 aromatic carbocycles. The SMILES string of the molecule is Cc1cc(N2CC(Cn3cc(Cl)cn3)C2)nc(C)n1. The molecule has 1 fully saturated rings. The van der Waals surface area contributed by atoms with Gasteiger partial charge in [0.05, 0.1) is 11.2 Å². The Morgan fingerprint density at radius 2 is 2.11 bits per heavy atom. The Labute approximate surface area is 117 Å². The van der Waals surface area contributed by atoms with Crippen LogP contribution in [0.5, 0.6) is 0 Å². The molecular formula is C13H16ClN5. The van der Waals surface area contributed by atoms with E-state index >= 15 is 0 Å². The lowest BCUT2D eigenvalue weighted by atomic mass is 10.0. The van der Waals surface area contributed by atoms with E-state index < -0.39 is 0 Å². The zero-order valence-electron chi connectivity index (χ0n) is 11.0. The van der Waals surface area contributed by atoms with Gasteiger partial charge in [0, 0.05) is 43.5 Å². The molecule has 0 amide bonds. The number of halogens is 1. The van der Waals surface area contributed by atoms with Crippen molar-refractivity contribution in [3.05, 3.63) is 35.0 Å². The molecule has 19 heavy (non-hydrogen) atoms. The van der Waals surface area contributed by atoms with E-state index in [0.717, 1.165) is 37.0 Å². The lowest BCUT2D eigenvalue weighted by molar-refractivity contribution is 0.340. The van der Waals surface area contributed by atoms with Crippen LogP contribution in [-0.4, -0.2) is 32.8 Å². The predicted molar refractivity (Wildman–Crippen MR) is 74.4 cm³/mol. The summed E-state index contributed by atoms with van der Waals surface area (Å²) >= 11 is 5.85. The Balaban J connectivity index is 1.60. The summed E-state index contributed by atoms with van der Waals surface area (Å²) in [5, 5.41) is 4.90. The first-order valence-electron chi connectivity index (χ1n) is 6.35. The topological polar surface area (TPSA) is 46.8 Å². The largest absolute Gasteiger partial charge is 0.356 e. The molecule has 3 heterocycles. The molecule has 0 spiro atoms. The number of anilines is 1. The first-order chi connectivity index (χ1) is 9.10. The number of nitrogens with zero attached hydrogens (tertiary/aromatic N) is 5. The highest BCUT2D eigenvalue weighted by Crippen LogP contribution is 2.24. The van der Waals surface area contributed by atoms with Crippen LogP contribution in [0.2, 0.25) is 5.02 Å². The average molecular weight is 278 g/mol. The van der Waals surface area contributed by atoms with Gasteiger partial charge >= 0.3 is 0 Å². The fraction of sp³-hybridized carbons (Fsp3) is 0.462. The van der Waals surface area contributed by atoms with Gasteiger partial charge < -0.3 is 4.90 Å². The van der Waals surface area contributed by atoms with E-state index in [9.17, 15) is 0 Å². The molecule has 100 valence electrons. The Kier molecular flexibility index (Phi) is 3.14. The van der Waals surface area contributed by atoms with E-state index in [-0.39, 0.29) is 0 Å². The second kappa shape index (κ2) is 4.81. The quantitative estimate of drug-likeness (QED) is 0.862. The second-order valence-electron chi connectivity index (χ2n) is 5.07. The van der Waals surface area contributed by atoms with Gasteiger partial charge in [-0.25, -0.2) is 9.97 Å². The molecule has 2 aromatic heterocycles. The van der Waals surface area contributed by atoms with Crippen molar-refractivity contribution in [2.75, 3.05) is 18.0 Å². The molecule has 6 heteroatoms. The van der Waals surface area contributed by atoms with Crippen LogP contribution in [0.25, 0.3) is 0 Å². The van der Waals surface area contributed by atoms with Gasteiger partial charge in [-0.1, -0.05) is 11.6 Å². The van der Waals surface area contributed by atoms with Gasteiger partial charge in [0.2, 0.25) is 0 Å². The fourth-order valence-electron chi connectivity index (χ4n) is 2.43. The van der Waals surface area contributed by atoms with Crippen molar-refractivity contribution in [2.45, 2.75) is 20.4 Å². The molecule has 1 aliphatic heterocycles. The lowest BCUT2D eigenvalue weighted by Crippen LogP contribution is -2.49. The summed E-state index contributed by atoms with van der Waals surface area (Å²) in [6.07, 6.45) is 3.54. The number of aryl methyl sites for hydroxylation is 2. The molecule has 3 rings (SSSR count). The molecule has 5 nitrogen and oxygen atoms in total. The minimum Gasteiger partial charge on any atom is -0.356 e. The summed E-state index contributed by atoms with van der Waals surface area (Å²) in [5.74, 6) is 2.46. The van der Waals surface area contributed by atoms with Gasteiger partial charge in [-0.2, -0.15) is 5.10 Å². The molecular weight excluding hydrogens is 262 g/mol. The van der Waals surface area contributed by atoms with Gasteiger partial charge in [0.1, 0.15) is 11.6 Å². The van der Waals surface area contributed by atoms with Crippen LogP contribution in [0, 0.1) is 19.8 Å². The Hall–Kier alpha value is -1.62. The van der Waals surface area contributed by atoms with Crippen LogP contribution in [0.15, 0.2) is 18.5 Å². The van der Waals surface area contributed by atoms with E-state index in [0.29, 0.717) is 10.9 Å². The molecule has 0 radical (unpaired) electrons. The van der Waals surface area contributed by atoms with Gasteiger partial charge in [-0.05, 0) is 13.8 Å². The van der Waals surface area contributed by atoms with Crippen LogP contribution >= 0.6 is 11.6 Å². The van der Waals surface area contributed by atoms with Crippen molar-refractivity contribution in [3.63, 3.8) is 0 Å². The van der Waals surface area contributed by atoms with Gasteiger partial charge in [0.15, 0.2) is 0 Å². The van der Waals surface area contributed by atoms with E-state index in [4.69, 9.17) is 11.6 Å². The Morgan fingerprint density at radius 3 is 2.74 bits per heavy atom. The molecule has 1 aliphatic rings. The molecule has 0 unspecified atom stereocenters. The molecule has 0 saturated carbocycles. The van der Waals surface area contributed by atoms with Crippen molar-refractivity contribution in [3.8, 4) is 0 Å². The van der Waals surface area contributed by atoms with Crippen LogP contribution in [0.4, 0.5) is 5.82 Å². The van der Waals surface area contributed by atoms with Crippen molar-refractivity contribution in [1.29, 1.82) is 0 Å². The Morgan fingerprint density at radius 1 is 1.32 bits per heavy atom. The van der Waals surface area contributed by atoms with Crippen molar-refractivity contribution < 1.29 is 0 Å². The predicted octanol–water partition coefficient (Wildman–Crippen LogP) is 2.08. The first kappa shape index (κ1) is 12.4. The highest BCUT2D eigenvalue weighted by molar-refractivity contribution is 6.30. The smallest absolute Gasteiger partial charge is 0.132 e. The fourth-order valence-corrected chi connectivity index (χ4v) is 2.59. The van der Waals surface area contributed by atoms with Crippen molar-refractivity contribution in [1.82, 2.24) is 19.7 Å². The standard InChI is InChI=1S/C13H16ClN5/c1-9-3-13(17-10(2)16-9)18-5-11(6-18)7-19-8-12(14)4-15-19/h3-4,8,11H,5-7H2,1-2H3. The van der Waals surface area contributed by atoms with Gasteiger partial charge in [-0.3, -0.25) is 4.68 Å². The number of hydrogen-bond donors (Lipinski definition) is 0. The molecule has 0 N–H and O–H groups in total. The molecule has 0 atom stereocenters. The third-order valence-corrected chi connectivity index (χ3v) is 3.48. The third kappa shape index (κ3) is 2.71. The zero-order valence-corrected chi connectivity index (χ0v) is 11.8. The summed E-state index contributed by atoms with van der Waals surface area (Å²) in [7, 11) is 0. The van der Waals surface area contributed by atoms with Gasteiger partial charge in [-0.15, -0.1) is 0 Å². The Bertz CT molecular complexity index is 568. The second-order valence-corrected chi connectivity index (χ2v) is 5.50. The first-order valence-corrected chi connectivity index (χ1v) is 6.73. The molecule has 2 aromatic rings. The van der Waals surface area contributed by atoms with E-state index in [1.807, 2.05) is 30.8 Å². The monoisotopic (exact) mass is 277 g/mol. The highest BCUT2D eigenvalue weighted by Gasteiger charge is 2.28. The lowest BCUT2D eigenvalue weighted by Gasteiger charge is -2.40. The van der Waals surface area contributed by atoms with Crippen LogP contribution in [0.1, 0.15) is 11.5 Å². The maximum absolute atomic E-state index is 5.85. The number of aromatic nitrogens is 4. The number of rotatable bonds is 3. The summed E-state index contributed by atoms with van der Waals surface area (Å²) in [4.78, 5) is 11.0. The summed E-state index contributed by atoms with van der Waals surface area (Å²) < 4.78 is 1.90. The molecule has 0 aliphatic carbocycles. The summed E-state index contributed by atoms with van der Waals surface area (Å²) in [6, 6.07) is 2.04. The summed E-state index contributed by atoms with van der Waals surface area (Å²) in [5.41, 5.74) is 1.02. The van der Waals surface area contributed by atoms with Crippen molar-refractivity contribution in [2.24, 2.45) is 5.92 Å². The average Bonchev–Trinajstić information content (AvgIpc) is 2.67. The number of hydrogen-bond acceptors (Lipinski definition) is 4. The maximum Gasteiger partial charge on any atom is 0.132 e. The maximum atomic E-state index is 5.85. The van der Waals surface area contributed by atoms with Crippen LogP contribution in [0.3, 0.4) is 0 Å². The summed E-state index contributed by atoms with van der Waals surface area (Å²) in [6.45, 7) is 6.85. The highest BCUT2D eigenvalue weighted by atomic mass is 35.5. The van der Waals surface area contributed by atoms with Crippen LogP contribution < -0.4 is 4.90 Å². The van der Waals surface area contributed by atoms with Crippen LogP contribution in [-0.2, 0) is 6.54 Å². The molecule has 0 bridgehead atoms. The normalized spacial score (nSPS) is 15.6. The zero-order chi connectivity index (χ0) is 13.4. The molecule has 1 saturated heterocycles. The minimum absolute atomic E-state index is 0.603. The van der Waals surface area contributed by atoms with Crippen molar-refractivity contribution >= 4 is 17.4 Å².